The van der Waals surface area contributed by atoms with Gasteiger partial charge in [-0.05, 0) is 41.0 Å². The molecule has 1 aliphatic rings. The average Bonchev–Trinajstić information content (AvgIpc) is 2.87. The molecular weight excluding hydrogens is 564 g/mol. The normalized spacial score (nSPS) is 16.4. The van der Waals surface area contributed by atoms with Gasteiger partial charge in [0.2, 0.25) is 0 Å². The zero-order valence-electron chi connectivity index (χ0n) is 21.4. The minimum absolute atomic E-state index is 0.0362. The van der Waals surface area contributed by atoms with Crippen molar-refractivity contribution >= 4 is 6.03 Å². The third-order valence-electron chi connectivity index (χ3n) is 6.58. The number of halogens is 8. The molecular formula is C28H24F8N2O3. The van der Waals surface area contributed by atoms with Crippen LogP contribution in [0.1, 0.15) is 29.5 Å². The Bertz CT molecular complexity index is 1380. The highest BCUT2D eigenvalue weighted by Crippen LogP contribution is 2.40. The molecule has 0 aliphatic heterocycles. The number of nitrogens with one attached hydrogen (secondary N) is 2. The molecule has 41 heavy (non-hydrogen) atoms. The second-order valence-electron chi connectivity index (χ2n) is 9.62. The van der Waals surface area contributed by atoms with Crippen molar-refractivity contribution in [1.29, 1.82) is 0 Å². The fourth-order valence-corrected chi connectivity index (χ4v) is 4.64. The Labute approximate surface area is 229 Å². The van der Waals surface area contributed by atoms with Crippen LogP contribution in [0.3, 0.4) is 0 Å². The van der Waals surface area contributed by atoms with Gasteiger partial charge in [0.25, 0.3) is 5.92 Å². The molecule has 220 valence electrons. The molecule has 0 heterocycles. The minimum Gasteiger partial charge on any atom is -0.494 e. The van der Waals surface area contributed by atoms with Gasteiger partial charge in [0.1, 0.15) is 11.6 Å². The molecule has 0 saturated heterocycles. The van der Waals surface area contributed by atoms with Gasteiger partial charge < -0.3 is 20.1 Å². The molecule has 4 rings (SSSR count). The van der Waals surface area contributed by atoms with Crippen molar-refractivity contribution in [1.82, 2.24) is 10.6 Å². The lowest BCUT2D eigenvalue weighted by Crippen LogP contribution is -2.58. The standard InChI is InChI=1S/C28H24F8N2O3/c1-40-23-8-7-17(11-22(23)30)27(13-16-5-3-2-4-6-16,38-25(39)37-20-14-26(33,34)15-20)18-9-19(29)12-21(10-18)41-28(35,36)24(31)32/h2-12,20,24H,13-15H2,1H3,(H2,37,38,39)/t27-/m1/s1. The monoisotopic (exact) mass is 588 g/mol. The van der Waals surface area contributed by atoms with Crippen LogP contribution in [0.15, 0.2) is 66.7 Å². The molecule has 13 heteroatoms. The molecule has 3 aromatic carbocycles. The Balaban J connectivity index is 1.88. The highest BCUT2D eigenvalue weighted by molar-refractivity contribution is 5.77. The number of carbonyl (C=O) groups excluding carboxylic acids is 1. The van der Waals surface area contributed by atoms with Crippen molar-refractivity contribution in [2.45, 2.75) is 49.3 Å². The molecule has 5 nitrogen and oxygen atoms in total. The van der Waals surface area contributed by atoms with Crippen LogP contribution in [-0.4, -0.2) is 37.6 Å². The van der Waals surface area contributed by atoms with Crippen LogP contribution in [0.25, 0.3) is 0 Å². The number of benzene rings is 3. The SMILES string of the molecule is COc1ccc([C@@](Cc2ccccc2)(NC(=O)NC2CC(F)(F)C2)c2cc(F)cc(OC(F)(F)C(F)F)c2)cc1F. The molecule has 1 fully saturated rings. The first-order valence-corrected chi connectivity index (χ1v) is 12.2. The quantitative estimate of drug-likeness (QED) is 0.257. The summed E-state index contributed by atoms with van der Waals surface area (Å²) in [7, 11) is 1.20. The molecule has 0 spiro atoms. The molecule has 1 aliphatic carbocycles. The second kappa shape index (κ2) is 11.5. The van der Waals surface area contributed by atoms with E-state index < -0.39 is 66.3 Å². The molecule has 3 aromatic rings. The largest absolute Gasteiger partial charge is 0.494 e. The average molecular weight is 588 g/mol. The summed E-state index contributed by atoms with van der Waals surface area (Å²) in [5.74, 6) is -6.26. The van der Waals surface area contributed by atoms with Crippen LogP contribution < -0.4 is 20.1 Å². The topological polar surface area (TPSA) is 59.6 Å². The molecule has 2 amide bonds. The highest BCUT2D eigenvalue weighted by atomic mass is 19.3. The zero-order chi connectivity index (χ0) is 30.0. The summed E-state index contributed by atoms with van der Waals surface area (Å²) in [6, 6.07) is 11.8. The summed E-state index contributed by atoms with van der Waals surface area (Å²) in [5.41, 5.74) is -1.81. The molecule has 2 N–H and O–H groups in total. The van der Waals surface area contributed by atoms with Crippen molar-refractivity contribution in [3.63, 3.8) is 0 Å². The van der Waals surface area contributed by atoms with Gasteiger partial charge in [-0.15, -0.1) is 0 Å². The van der Waals surface area contributed by atoms with Crippen molar-refractivity contribution in [3.05, 3.63) is 95.1 Å². The third-order valence-corrected chi connectivity index (χ3v) is 6.58. The number of rotatable bonds is 10. The minimum atomic E-state index is -4.99. The lowest BCUT2D eigenvalue weighted by molar-refractivity contribution is -0.253. The molecule has 0 radical (unpaired) electrons. The van der Waals surface area contributed by atoms with E-state index in [0.717, 1.165) is 18.2 Å². The summed E-state index contributed by atoms with van der Waals surface area (Å²) < 4.78 is 119. The fraction of sp³-hybridized carbons (Fsp3) is 0.321. The van der Waals surface area contributed by atoms with Crippen LogP contribution in [0, 0.1) is 11.6 Å². The first kappa shape index (κ1) is 29.9. The summed E-state index contributed by atoms with van der Waals surface area (Å²) in [5, 5.41) is 4.96. The predicted octanol–water partition coefficient (Wildman–Crippen LogP) is 6.79. The first-order valence-electron chi connectivity index (χ1n) is 12.2. The Hall–Kier alpha value is -4.03. The summed E-state index contributed by atoms with van der Waals surface area (Å²) >= 11 is 0. The smallest absolute Gasteiger partial charge is 0.461 e. The Morgan fingerprint density at radius 3 is 2.27 bits per heavy atom. The zero-order valence-corrected chi connectivity index (χ0v) is 21.4. The Morgan fingerprint density at radius 1 is 1.00 bits per heavy atom. The second-order valence-corrected chi connectivity index (χ2v) is 9.62. The van der Waals surface area contributed by atoms with E-state index in [9.17, 15) is 39.9 Å². The molecule has 1 atom stereocenters. The number of alkyl halides is 6. The third kappa shape index (κ3) is 6.83. The van der Waals surface area contributed by atoms with E-state index in [4.69, 9.17) is 4.74 Å². The Morgan fingerprint density at radius 2 is 1.68 bits per heavy atom. The van der Waals surface area contributed by atoms with E-state index in [-0.39, 0.29) is 23.3 Å². The van der Waals surface area contributed by atoms with Crippen molar-refractivity contribution in [3.8, 4) is 11.5 Å². The first-order chi connectivity index (χ1) is 19.2. The van der Waals surface area contributed by atoms with E-state index in [0.29, 0.717) is 11.6 Å². The number of urea groups is 1. The maximum atomic E-state index is 15.0. The van der Waals surface area contributed by atoms with E-state index in [2.05, 4.69) is 15.4 Å². The molecule has 1 saturated carbocycles. The predicted molar refractivity (Wildman–Crippen MR) is 131 cm³/mol. The van der Waals surface area contributed by atoms with E-state index >= 15 is 0 Å². The van der Waals surface area contributed by atoms with Gasteiger partial charge in [-0.25, -0.2) is 22.4 Å². The van der Waals surface area contributed by atoms with E-state index in [1.165, 1.54) is 19.2 Å². The lowest BCUT2D eigenvalue weighted by Gasteiger charge is -2.39. The van der Waals surface area contributed by atoms with Gasteiger partial charge in [0.15, 0.2) is 11.6 Å². The van der Waals surface area contributed by atoms with Gasteiger partial charge in [0, 0.05) is 31.4 Å². The van der Waals surface area contributed by atoms with Crippen LogP contribution in [0.2, 0.25) is 0 Å². The maximum absolute atomic E-state index is 15.0. The van der Waals surface area contributed by atoms with Crippen molar-refractivity contribution in [2.75, 3.05) is 7.11 Å². The molecule has 0 bridgehead atoms. The van der Waals surface area contributed by atoms with E-state index in [1.54, 1.807) is 30.3 Å². The van der Waals surface area contributed by atoms with Crippen molar-refractivity contribution in [2.24, 2.45) is 0 Å². The number of methoxy groups -OCH3 is 1. The number of hydrogen-bond acceptors (Lipinski definition) is 3. The van der Waals surface area contributed by atoms with E-state index in [1.807, 2.05) is 0 Å². The van der Waals surface area contributed by atoms with Gasteiger partial charge in [-0.2, -0.15) is 17.6 Å². The van der Waals surface area contributed by atoms with Crippen LogP contribution >= 0.6 is 0 Å². The summed E-state index contributed by atoms with van der Waals surface area (Å²) in [6.45, 7) is 0. The molecule has 0 unspecified atom stereocenters. The van der Waals surface area contributed by atoms with Crippen molar-refractivity contribution < 1.29 is 49.4 Å². The van der Waals surface area contributed by atoms with Crippen LogP contribution in [0.5, 0.6) is 11.5 Å². The van der Waals surface area contributed by atoms with Gasteiger partial charge in [-0.3, -0.25) is 0 Å². The highest BCUT2D eigenvalue weighted by Gasteiger charge is 2.47. The maximum Gasteiger partial charge on any atom is 0.461 e. The van der Waals surface area contributed by atoms with Gasteiger partial charge in [0.05, 0.1) is 12.6 Å². The van der Waals surface area contributed by atoms with Gasteiger partial charge >= 0.3 is 18.6 Å². The number of ether oxygens (including phenoxy) is 2. The fourth-order valence-electron chi connectivity index (χ4n) is 4.64. The summed E-state index contributed by atoms with van der Waals surface area (Å²) in [4.78, 5) is 13.2. The van der Waals surface area contributed by atoms with Gasteiger partial charge in [-0.1, -0.05) is 36.4 Å². The number of carbonyl (C=O) groups is 1. The lowest BCUT2D eigenvalue weighted by atomic mass is 9.77. The molecule has 0 aromatic heterocycles. The van der Waals surface area contributed by atoms with Crippen LogP contribution in [0.4, 0.5) is 39.9 Å². The number of amides is 2. The number of hydrogen-bond donors (Lipinski definition) is 2. The summed E-state index contributed by atoms with van der Waals surface area (Å²) in [6.07, 6.45) is -10.8. The Kier molecular flexibility index (Phi) is 8.36. The van der Waals surface area contributed by atoms with Crippen LogP contribution in [-0.2, 0) is 12.0 Å².